The van der Waals surface area contributed by atoms with Crippen molar-refractivity contribution >= 4 is 5.78 Å². The summed E-state index contributed by atoms with van der Waals surface area (Å²) in [6.45, 7) is 2.10. The molecule has 1 fully saturated rings. The fourth-order valence-corrected chi connectivity index (χ4v) is 2.61. The predicted molar refractivity (Wildman–Crippen MR) is 62.0 cm³/mol. The number of carbonyl (C=O) groups is 1. The summed E-state index contributed by atoms with van der Waals surface area (Å²) in [7, 11) is 0. The van der Waals surface area contributed by atoms with E-state index in [0.29, 0.717) is 6.42 Å². The van der Waals surface area contributed by atoms with Gasteiger partial charge in [-0.1, -0.05) is 13.0 Å². The summed E-state index contributed by atoms with van der Waals surface area (Å²) >= 11 is 0. The van der Waals surface area contributed by atoms with E-state index in [9.17, 15) is 4.79 Å². The molecular weight excluding hydrogens is 200 g/mol. The van der Waals surface area contributed by atoms with Gasteiger partial charge in [-0.15, -0.1) is 0 Å². The molecule has 2 aliphatic rings. The Hall–Kier alpha value is -1.31. The van der Waals surface area contributed by atoms with Gasteiger partial charge in [0.15, 0.2) is 5.78 Å². The van der Waals surface area contributed by atoms with Gasteiger partial charge in [-0.25, -0.2) is 0 Å². The minimum atomic E-state index is -0.141. The van der Waals surface area contributed by atoms with E-state index in [4.69, 9.17) is 4.74 Å². The first-order chi connectivity index (χ1) is 7.72. The van der Waals surface area contributed by atoms with Crippen LogP contribution in [0, 0.1) is 0 Å². The number of rotatable bonds is 1. The Bertz CT molecular complexity index is 444. The lowest BCUT2D eigenvalue weighted by molar-refractivity contribution is -0.0177. The highest BCUT2D eigenvalue weighted by Crippen LogP contribution is 2.44. The Morgan fingerprint density at radius 3 is 2.81 bits per heavy atom. The van der Waals surface area contributed by atoms with Crippen LogP contribution in [0.25, 0.3) is 0 Å². The highest BCUT2D eigenvalue weighted by atomic mass is 16.5. The molecule has 0 bridgehead atoms. The molecule has 0 atom stereocenters. The minimum Gasteiger partial charge on any atom is -0.486 e. The maximum atomic E-state index is 12.1. The predicted octanol–water partition coefficient (Wildman–Crippen LogP) is 3.14. The average Bonchev–Trinajstić information content (AvgIpc) is 2.26. The second kappa shape index (κ2) is 3.34. The molecule has 0 saturated heterocycles. The summed E-state index contributed by atoms with van der Waals surface area (Å²) in [5, 5.41) is 0. The van der Waals surface area contributed by atoms with E-state index < -0.39 is 0 Å². The molecule has 0 unspecified atom stereocenters. The Labute approximate surface area is 95.6 Å². The van der Waals surface area contributed by atoms with Crippen LogP contribution in [0.1, 0.15) is 48.5 Å². The summed E-state index contributed by atoms with van der Waals surface area (Å²) in [5.41, 5.74) is 1.86. The van der Waals surface area contributed by atoms with Crippen molar-refractivity contribution in [3.8, 4) is 5.75 Å². The molecule has 1 aliphatic heterocycles. The van der Waals surface area contributed by atoms with Crippen molar-refractivity contribution in [2.24, 2.45) is 0 Å². The second-order valence-corrected chi connectivity index (χ2v) is 4.92. The van der Waals surface area contributed by atoms with Crippen LogP contribution in [-0.4, -0.2) is 11.4 Å². The van der Waals surface area contributed by atoms with Crippen LogP contribution in [0.5, 0.6) is 5.75 Å². The molecule has 1 heterocycles. The Morgan fingerprint density at radius 1 is 1.38 bits per heavy atom. The number of ketones is 1. The zero-order valence-electron chi connectivity index (χ0n) is 9.58. The fraction of sp³-hybridized carbons (Fsp3) is 0.500. The van der Waals surface area contributed by atoms with Crippen LogP contribution >= 0.6 is 0 Å². The second-order valence-electron chi connectivity index (χ2n) is 4.92. The molecule has 16 heavy (non-hydrogen) atoms. The first kappa shape index (κ1) is 9.88. The van der Waals surface area contributed by atoms with E-state index in [1.807, 2.05) is 12.1 Å². The molecule has 2 nitrogen and oxygen atoms in total. The highest BCUT2D eigenvalue weighted by Gasteiger charge is 2.45. The maximum absolute atomic E-state index is 12.1. The monoisotopic (exact) mass is 216 g/mol. The summed E-state index contributed by atoms with van der Waals surface area (Å²) in [6, 6.07) is 6.01. The average molecular weight is 216 g/mol. The molecule has 84 valence electrons. The highest BCUT2D eigenvalue weighted by molar-refractivity contribution is 6.00. The molecule has 1 spiro atoms. The molecule has 0 N–H and O–H groups in total. The van der Waals surface area contributed by atoms with Gasteiger partial charge in [-0.3, -0.25) is 4.79 Å². The Kier molecular flexibility index (Phi) is 2.06. The van der Waals surface area contributed by atoms with Crippen LogP contribution < -0.4 is 4.74 Å². The number of benzene rings is 1. The van der Waals surface area contributed by atoms with Gasteiger partial charge in [0.05, 0.1) is 12.0 Å². The van der Waals surface area contributed by atoms with Gasteiger partial charge in [-0.05, 0) is 43.4 Å². The standard InChI is InChI=1S/C14H16O2/c1-2-10-4-5-13-11(8-10)12(15)9-14(16-13)6-3-7-14/h4-5,8H,2-3,6-7,9H2,1H3. The van der Waals surface area contributed by atoms with Crippen molar-refractivity contribution in [3.05, 3.63) is 29.3 Å². The van der Waals surface area contributed by atoms with Gasteiger partial charge in [0, 0.05) is 0 Å². The molecule has 1 aromatic carbocycles. The minimum absolute atomic E-state index is 0.141. The zero-order chi connectivity index (χ0) is 11.2. The van der Waals surface area contributed by atoms with Crippen LogP contribution in [0.2, 0.25) is 0 Å². The quantitative estimate of drug-likeness (QED) is 0.721. The molecule has 1 aliphatic carbocycles. The number of hydrogen-bond donors (Lipinski definition) is 0. The molecular formula is C14H16O2. The van der Waals surface area contributed by atoms with Crippen LogP contribution in [0.15, 0.2) is 18.2 Å². The third-order valence-corrected chi connectivity index (χ3v) is 3.83. The fourth-order valence-electron chi connectivity index (χ4n) is 2.61. The van der Waals surface area contributed by atoms with E-state index in [-0.39, 0.29) is 11.4 Å². The first-order valence-electron chi connectivity index (χ1n) is 6.08. The summed E-state index contributed by atoms with van der Waals surface area (Å²) < 4.78 is 6.00. The van der Waals surface area contributed by atoms with E-state index in [2.05, 4.69) is 13.0 Å². The molecule has 0 aromatic heterocycles. The zero-order valence-corrected chi connectivity index (χ0v) is 9.58. The van der Waals surface area contributed by atoms with Gasteiger partial charge in [0.1, 0.15) is 11.4 Å². The van der Waals surface area contributed by atoms with Gasteiger partial charge >= 0.3 is 0 Å². The van der Waals surface area contributed by atoms with E-state index >= 15 is 0 Å². The van der Waals surface area contributed by atoms with Gasteiger partial charge in [-0.2, -0.15) is 0 Å². The molecule has 0 radical (unpaired) electrons. The summed E-state index contributed by atoms with van der Waals surface area (Å²) in [5.74, 6) is 1.06. The van der Waals surface area contributed by atoms with E-state index in [0.717, 1.165) is 30.6 Å². The van der Waals surface area contributed by atoms with Crippen LogP contribution in [0.4, 0.5) is 0 Å². The maximum Gasteiger partial charge on any atom is 0.170 e. The van der Waals surface area contributed by atoms with Crippen molar-refractivity contribution in [2.45, 2.75) is 44.6 Å². The van der Waals surface area contributed by atoms with Crippen molar-refractivity contribution in [3.63, 3.8) is 0 Å². The smallest absolute Gasteiger partial charge is 0.170 e. The third-order valence-electron chi connectivity index (χ3n) is 3.83. The van der Waals surface area contributed by atoms with Crippen LogP contribution in [0.3, 0.4) is 0 Å². The van der Waals surface area contributed by atoms with Gasteiger partial charge in [0.25, 0.3) is 0 Å². The van der Waals surface area contributed by atoms with Crippen molar-refractivity contribution in [1.82, 2.24) is 0 Å². The topological polar surface area (TPSA) is 26.3 Å². The number of hydrogen-bond acceptors (Lipinski definition) is 2. The lowest BCUT2D eigenvalue weighted by Crippen LogP contribution is -2.47. The third kappa shape index (κ3) is 1.36. The van der Waals surface area contributed by atoms with E-state index in [1.54, 1.807) is 0 Å². The van der Waals surface area contributed by atoms with Crippen molar-refractivity contribution in [2.75, 3.05) is 0 Å². The molecule has 3 rings (SSSR count). The number of ether oxygens (including phenoxy) is 1. The number of aryl methyl sites for hydroxylation is 1. The van der Waals surface area contributed by atoms with Gasteiger partial charge < -0.3 is 4.74 Å². The van der Waals surface area contributed by atoms with Gasteiger partial charge in [0.2, 0.25) is 0 Å². The van der Waals surface area contributed by atoms with Crippen molar-refractivity contribution < 1.29 is 9.53 Å². The Balaban J connectivity index is 2.00. The molecule has 1 saturated carbocycles. The molecule has 2 heteroatoms. The number of carbonyl (C=O) groups excluding carboxylic acids is 1. The first-order valence-corrected chi connectivity index (χ1v) is 6.08. The van der Waals surface area contributed by atoms with Crippen molar-refractivity contribution in [1.29, 1.82) is 0 Å². The van der Waals surface area contributed by atoms with Crippen LogP contribution in [-0.2, 0) is 6.42 Å². The van der Waals surface area contributed by atoms with E-state index in [1.165, 1.54) is 12.0 Å². The summed E-state index contributed by atoms with van der Waals surface area (Å²) in [4.78, 5) is 12.1. The lowest BCUT2D eigenvalue weighted by Gasteiger charge is -2.44. The molecule has 1 aromatic rings. The largest absolute Gasteiger partial charge is 0.486 e. The molecule has 0 amide bonds. The SMILES string of the molecule is CCc1ccc2c(c1)C(=O)CC1(CCC1)O2. The normalized spacial score (nSPS) is 21.2. The number of fused-ring (bicyclic) bond motifs is 1. The Morgan fingerprint density at radius 2 is 2.19 bits per heavy atom. The lowest BCUT2D eigenvalue weighted by atomic mass is 9.74. The number of Topliss-reactive ketones (excluding diaryl/α,β-unsaturated/α-hetero) is 1. The summed E-state index contributed by atoms with van der Waals surface area (Å²) in [6.07, 6.45) is 4.80.